The molecule has 0 saturated carbocycles. The van der Waals surface area contributed by atoms with E-state index in [9.17, 15) is 43.2 Å². The van der Waals surface area contributed by atoms with Crippen LogP contribution < -0.4 is 14.8 Å². The summed E-state index contributed by atoms with van der Waals surface area (Å²) in [6, 6.07) is 4.23. The first kappa shape index (κ1) is 27.8. The third-order valence-corrected chi connectivity index (χ3v) is 3.71. The first-order valence-electron chi connectivity index (χ1n) is 6.96. The van der Waals surface area contributed by atoms with Crippen LogP contribution in [0.1, 0.15) is 25.3 Å². The maximum atomic E-state index is 10.8. The molecule has 15 heteroatoms. The molecule has 0 amide bonds. The highest BCUT2D eigenvalue weighted by molar-refractivity contribution is 7.90. The second-order valence-corrected chi connectivity index (χ2v) is 8.06. The molecule has 0 unspecified atom stereocenters. The van der Waals surface area contributed by atoms with Gasteiger partial charge in [0.2, 0.25) is 0 Å². The van der Waals surface area contributed by atoms with Crippen molar-refractivity contribution < 1.29 is 47.7 Å². The molecule has 0 atom stereocenters. The predicted molar refractivity (Wildman–Crippen MR) is 84.6 cm³/mol. The molecular formula is C12H20F6N3O4S2+. The molecule has 0 aromatic carbocycles. The van der Waals surface area contributed by atoms with E-state index < -0.39 is 31.1 Å². The quantitative estimate of drug-likeness (QED) is 0.539. The Balaban J connectivity index is 0. The summed E-state index contributed by atoms with van der Waals surface area (Å²) < 4.78 is 105. The van der Waals surface area contributed by atoms with Gasteiger partial charge in [-0.25, -0.2) is 31.7 Å². The number of pyridine rings is 1. The van der Waals surface area contributed by atoms with Gasteiger partial charge in [0.15, 0.2) is 12.4 Å². The summed E-state index contributed by atoms with van der Waals surface area (Å²) in [5.41, 5.74) is -9.29. The Labute approximate surface area is 153 Å². The zero-order chi connectivity index (χ0) is 22.1. The molecule has 1 aromatic rings. The van der Waals surface area contributed by atoms with Crippen molar-refractivity contribution in [2.75, 3.05) is 0 Å². The number of nitrogens with two attached hydrogens (primary N) is 2. The lowest BCUT2D eigenvalue weighted by Crippen LogP contribution is -2.32. The summed E-state index contributed by atoms with van der Waals surface area (Å²) in [5, 5.41) is 7.32. The minimum atomic E-state index is -5.34. The van der Waals surface area contributed by atoms with Crippen LogP contribution in [0.15, 0.2) is 24.5 Å². The number of aryl methyl sites for hydroxylation is 2. The summed E-state index contributed by atoms with van der Waals surface area (Å²) in [5.74, 6) is 0. The number of alkyl halides is 6. The van der Waals surface area contributed by atoms with E-state index in [4.69, 9.17) is 0 Å². The lowest BCUT2D eigenvalue weighted by atomic mass is 10.3. The van der Waals surface area contributed by atoms with E-state index in [2.05, 4.69) is 53.2 Å². The number of primary sulfonamides is 2. The highest BCUT2D eigenvalue weighted by Crippen LogP contribution is 2.19. The molecule has 0 bridgehead atoms. The molecule has 0 radical (unpaired) electrons. The fourth-order valence-corrected chi connectivity index (χ4v) is 1.13. The SMILES string of the molecule is CCCC[n+]1cccc(C)c1.NS(=O)(=O)C(F)(F)F.NS(=O)(=O)C(F)(F)F. The first-order chi connectivity index (χ1) is 11.8. The van der Waals surface area contributed by atoms with Crippen LogP contribution in [-0.2, 0) is 26.6 Å². The topological polar surface area (TPSA) is 124 Å². The van der Waals surface area contributed by atoms with Crippen LogP contribution in [0.2, 0.25) is 0 Å². The largest absolute Gasteiger partial charge is 0.511 e. The van der Waals surface area contributed by atoms with Crippen molar-refractivity contribution in [3.63, 3.8) is 0 Å². The second-order valence-electron chi connectivity index (χ2n) is 4.95. The first-order valence-corrected chi connectivity index (χ1v) is 10.1. The van der Waals surface area contributed by atoms with Crippen molar-refractivity contribution in [1.82, 2.24) is 0 Å². The van der Waals surface area contributed by atoms with E-state index in [1.807, 2.05) is 0 Å². The normalized spacial score (nSPS) is 12.4. The Kier molecular flexibility index (Phi) is 11.1. The highest BCUT2D eigenvalue weighted by atomic mass is 32.2. The molecule has 0 saturated heterocycles. The number of halogens is 6. The van der Waals surface area contributed by atoms with E-state index in [0.29, 0.717) is 0 Å². The zero-order valence-corrected chi connectivity index (χ0v) is 15.9. The minimum Gasteiger partial charge on any atom is -0.221 e. The van der Waals surface area contributed by atoms with Crippen LogP contribution in [0.4, 0.5) is 26.3 Å². The molecule has 1 heterocycles. The van der Waals surface area contributed by atoms with Gasteiger partial charge in [0.25, 0.3) is 0 Å². The van der Waals surface area contributed by atoms with Gasteiger partial charge in [0, 0.05) is 18.1 Å². The Morgan fingerprint density at radius 1 is 0.963 bits per heavy atom. The molecule has 1 rings (SSSR count). The van der Waals surface area contributed by atoms with Gasteiger partial charge in [-0.1, -0.05) is 13.3 Å². The maximum Gasteiger partial charge on any atom is 0.511 e. The van der Waals surface area contributed by atoms with E-state index in [-0.39, 0.29) is 0 Å². The fourth-order valence-electron chi connectivity index (χ4n) is 1.13. The third kappa shape index (κ3) is 13.4. The maximum absolute atomic E-state index is 10.8. The lowest BCUT2D eigenvalue weighted by molar-refractivity contribution is -0.697. The van der Waals surface area contributed by atoms with Crippen molar-refractivity contribution in [3.05, 3.63) is 30.1 Å². The van der Waals surface area contributed by atoms with Crippen LogP contribution in [0.25, 0.3) is 0 Å². The molecule has 1 aromatic heterocycles. The zero-order valence-electron chi connectivity index (χ0n) is 14.2. The van der Waals surface area contributed by atoms with Gasteiger partial charge in [0.1, 0.15) is 6.54 Å². The van der Waals surface area contributed by atoms with Crippen LogP contribution in [0.3, 0.4) is 0 Å². The Hall–Kier alpha value is -1.45. The third-order valence-electron chi connectivity index (χ3n) is 2.42. The summed E-state index contributed by atoms with van der Waals surface area (Å²) in [4.78, 5) is 0. The Bertz CT molecular complexity index is 735. The van der Waals surface area contributed by atoms with Gasteiger partial charge in [-0.15, -0.1) is 0 Å². The van der Waals surface area contributed by atoms with Crippen molar-refractivity contribution in [2.24, 2.45) is 10.3 Å². The number of sulfonamides is 2. The number of aromatic nitrogens is 1. The average Bonchev–Trinajstić information content (AvgIpc) is 2.42. The van der Waals surface area contributed by atoms with Crippen molar-refractivity contribution in [3.8, 4) is 0 Å². The molecule has 7 nitrogen and oxygen atoms in total. The van der Waals surface area contributed by atoms with Crippen LogP contribution in [0, 0.1) is 6.92 Å². The van der Waals surface area contributed by atoms with E-state index >= 15 is 0 Å². The monoisotopic (exact) mass is 448 g/mol. The van der Waals surface area contributed by atoms with Gasteiger partial charge in [0.05, 0.1) is 0 Å². The molecule has 0 fully saturated rings. The van der Waals surface area contributed by atoms with Crippen LogP contribution >= 0.6 is 0 Å². The van der Waals surface area contributed by atoms with Crippen LogP contribution in [0.5, 0.6) is 0 Å². The smallest absolute Gasteiger partial charge is 0.221 e. The highest BCUT2D eigenvalue weighted by Gasteiger charge is 2.43. The number of hydrogen-bond acceptors (Lipinski definition) is 4. The molecule has 160 valence electrons. The molecule has 0 spiro atoms. The van der Waals surface area contributed by atoms with Crippen molar-refractivity contribution >= 4 is 20.0 Å². The molecule has 4 N–H and O–H groups in total. The molecule has 0 aliphatic rings. The predicted octanol–water partition coefficient (Wildman–Crippen LogP) is 1.67. The summed E-state index contributed by atoms with van der Waals surface area (Å²) in [7, 11) is -10.7. The van der Waals surface area contributed by atoms with E-state index in [1.165, 1.54) is 18.4 Å². The fraction of sp³-hybridized carbons (Fsp3) is 0.583. The van der Waals surface area contributed by atoms with Crippen molar-refractivity contribution in [1.29, 1.82) is 0 Å². The number of unbranched alkanes of at least 4 members (excludes halogenated alkanes) is 1. The number of rotatable bonds is 3. The van der Waals surface area contributed by atoms with Gasteiger partial charge >= 0.3 is 31.1 Å². The standard InChI is InChI=1S/C10H16N.2CH2F3NO2S/c1-3-4-7-11-8-5-6-10(2)9-11;2*2-1(3,4)8(5,6)7/h5-6,8-9H,3-4,7H2,1-2H3;2*(H2,5,6,7)/q+1;;. The Morgan fingerprint density at radius 2 is 1.33 bits per heavy atom. The number of hydrogen-bond donors (Lipinski definition) is 2. The van der Waals surface area contributed by atoms with Crippen LogP contribution in [-0.4, -0.2) is 27.9 Å². The van der Waals surface area contributed by atoms with Gasteiger partial charge in [-0.3, -0.25) is 0 Å². The molecular weight excluding hydrogens is 428 g/mol. The lowest BCUT2D eigenvalue weighted by Gasteiger charge is -1.98. The molecule has 27 heavy (non-hydrogen) atoms. The van der Waals surface area contributed by atoms with Crippen molar-refractivity contribution in [2.45, 2.75) is 44.3 Å². The van der Waals surface area contributed by atoms with Gasteiger partial charge < -0.3 is 0 Å². The average molecular weight is 448 g/mol. The van der Waals surface area contributed by atoms with E-state index in [1.54, 1.807) is 0 Å². The van der Waals surface area contributed by atoms with Gasteiger partial charge in [-0.2, -0.15) is 26.3 Å². The summed E-state index contributed by atoms with van der Waals surface area (Å²) in [6.45, 7) is 5.50. The minimum absolute atomic E-state index is 1.15. The second kappa shape index (κ2) is 10.8. The summed E-state index contributed by atoms with van der Waals surface area (Å²) >= 11 is 0. The molecule has 0 aliphatic carbocycles. The molecule has 0 aliphatic heterocycles. The number of nitrogens with zero attached hydrogens (tertiary/aromatic N) is 1. The van der Waals surface area contributed by atoms with E-state index in [0.717, 1.165) is 6.54 Å². The summed E-state index contributed by atoms with van der Waals surface area (Å²) in [6.07, 6.45) is 6.85. The van der Waals surface area contributed by atoms with Gasteiger partial charge in [-0.05, 0) is 13.0 Å². The Morgan fingerprint density at radius 3 is 1.59 bits per heavy atom.